The van der Waals surface area contributed by atoms with E-state index in [4.69, 9.17) is 48.1 Å². The van der Waals surface area contributed by atoms with Crippen LogP contribution in [0, 0.1) is 0 Å². The maximum Gasteiger partial charge on any atom is 0.303 e. The Bertz CT molecular complexity index is 908. The van der Waals surface area contributed by atoms with Crippen LogP contribution < -0.4 is 5.32 Å². The lowest BCUT2D eigenvalue weighted by molar-refractivity contribution is -0.222. The topological polar surface area (TPSA) is 224 Å². The zero-order chi connectivity index (χ0) is 31.5. The Labute approximate surface area is 242 Å². The van der Waals surface area contributed by atoms with Crippen molar-refractivity contribution in [2.45, 2.75) is 58.3 Å². The van der Waals surface area contributed by atoms with Crippen molar-refractivity contribution in [1.82, 2.24) is 5.32 Å². The van der Waals surface area contributed by atoms with E-state index in [0.29, 0.717) is 0 Å². The summed E-state index contributed by atoms with van der Waals surface area (Å²) in [5.41, 5.74) is -0.150. The van der Waals surface area contributed by atoms with E-state index in [1.807, 2.05) is 0 Å². The van der Waals surface area contributed by atoms with Crippen molar-refractivity contribution in [3.05, 3.63) is 0 Å². The Kier molecular flexibility index (Phi) is 18.3. The van der Waals surface area contributed by atoms with Gasteiger partial charge in [0.1, 0.15) is 25.0 Å². The van der Waals surface area contributed by atoms with Crippen LogP contribution in [-0.4, -0.2) is 142 Å². The van der Waals surface area contributed by atoms with Gasteiger partial charge < -0.3 is 53.4 Å². The Morgan fingerprint density at radius 2 is 1.40 bits per heavy atom. The molecule has 0 aromatic heterocycles. The summed E-state index contributed by atoms with van der Waals surface area (Å²) in [4.78, 5) is 62.3. The lowest BCUT2D eigenvalue weighted by atomic mass is 9.98. The third-order valence-corrected chi connectivity index (χ3v) is 5.11. The van der Waals surface area contributed by atoms with E-state index in [2.05, 4.69) is 10.3 Å². The van der Waals surface area contributed by atoms with Crippen LogP contribution in [0.15, 0.2) is 4.99 Å². The second-order valence-corrected chi connectivity index (χ2v) is 8.75. The molecular formula is C25H40N2O15. The largest absolute Gasteiger partial charge is 0.463 e. The van der Waals surface area contributed by atoms with Gasteiger partial charge in [-0.2, -0.15) is 0 Å². The molecule has 17 nitrogen and oxygen atoms in total. The lowest BCUT2D eigenvalue weighted by Gasteiger charge is -2.40. The fourth-order valence-corrected chi connectivity index (χ4v) is 3.43. The van der Waals surface area contributed by atoms with Crippen molar-refractivity contribution in [2.75, 3.05) is 66.1 Å². The first-order valence-electron chi connectivity index (χ1n) is 13.1. The van der Waals surface area contributed by atoms with E-state index in [0.717, 1.165) is 20.8 Å². The second-order valence-electron chi connectivity index (χ2n) is 8.75. The van der Waals surface area contributed by atoms with E-state index in [1.54, 1.807) is 0 Å². The highest BCUT2D eigenvalue weighted by molar-refractivity contribution is 6.01. The predicted octanol–water partition coefficient (Wildman–Crippen LogP) is -2.34. The molecule has 0 spiro atoms. The van der Waals surface area contributed by atoms with Crippen LogP contribution in [0.25, 0.3) is 0 Å². The zero-order valence-electron chi connectivity index (χ0n) is 24.1. The maximum atomic E-state index is 11.9. The van der Waals surface area contributed by atoms with Gasteiger partial charge in [-0.3, -0.25) is 24.0 Å². The molecule has 1 rings (SSSR count). The van der Waals surface area contributed by atoms with Crippen molar-refractivity contribution < 1.29 is 72.1 Å². The molecule has 240 valence electrons. The summed E-state index contributed by atoms with van der Waals surface area (Å²) < 4.78 is 43.0. The number of nitrogens with one attached hydrogen (secondary N) is 1. The van der Waals surface area contributed by atoms with Gasteiger partial charge in [0.2, 0.25) is 18.1 Å². The van der Waals surface area contributed by atoms with Gasteiger partial charge in [-0.25, -0.2) is 4.99 Å². The molecule has 0 aliphatic carbocycles. The van der Waals surface area contributed by atoms with Crippen LogP contribution in [0.2, 0.25) is 0 Å². The Morgan fingerprint density at radius 1 is 0.833 bits per heavy atom. The van der Waals surface area contributed by atoms with E-state index >= 15 is 0 Å². The van der Waals surface area contributed by atoms with Gasteiger partial charge in [0.15, 0.2) is 12.2 Å². The SMILES string of the molecule is CC(=O)/N=C1\[C@H](OCCOCCOCCOCC(=O)NC(CO)CO)O[C@H](COC(C)=O)[C@H](OC(C)=O)[C@@H]1OC(C)=O. The van der Waals surface area contributed by atoms with Crippen molar-refractivity contribution in [1.29, 1.82) is 0 Å². The van der Waals surface area contributed by atoms with Crippen LogP contribution in [-0.2, 0) is 61.9 Å². The highest BCUT2D eigenvalue weighted by Gasteiger charge is 2.49. The van der Waals surface area contributed by atoms with Crippen LogP contribution >= 0.6 is 0 Å². The minimum Gasteiger partial charge on any atom is -0.463 e. The molecule has 0 saturated carbocycles. The van der Waals surface area contributed by atoms with Gasteiger partial charge in [-0.05, 0) is 0 Å². The van der Waals surface area contributed by atoms with E-state index in [9.17, 15) is 24.0 Å². The number of rotatable bonds is 19. The molecule has 1 fully saturated rings. The molecule has 1 heterocycles. The summed E-state index contributed by atoms with van der Waals surface area (Å²) in [6.07, 6.45) is -5.09. The van der Waals surface area contributed by atoms with Gasteiger partial charge in [0.05, 0.1) is 58.9 Å². The number of hydrogen-bond acceptors (Lipinski definition) is 15. The number of aliphatic hydroxyl groups is 2. The molecule has 1 saturated heterocycles. The van der Waals surface area contributed by atoms with Crippen LogP contribution in [0.5, 0.6) is 0 Å². The first-order valence-corrected chi connectivity index (χ1v) is 13.1. The molecular weight excluding hydrogens is 568 g/mol. The van der Waals surface area contributed by atoms with Gasteiger partial charge >= 0.3 is 17.9 Å². The molecule has 17 heteroatoms. The smallest absolute Gasteiger partial charge is 0.303 e. The second kappa shape index (κ2) is 20.8. The summed E-state index contributed by atoms with van der Waals surface area (Å²) in [5.74, 6) is -3.27. The summed E-state index contributed by atoms with van der Waals surface area (Å²) in [7, 11) is 0. The molecule has 0 bridgehead atoms. The fourth-order valence-electron chi connectivity index (χ4n) is 3.43. The molecule has 0 aromatic rings. The van der Waals surface area contributed by atoms with Crippen molar-refractivity contribution in [3.63, 3.8) is 0 Å². The first kappa shape index (κ1) is 37.0. The number of ether oxygens (including phenoxy) is 8. The number of aliphatic imine (C=N–C) groups is 1. The monoisotopic (exact) mass is 608 g/mol. The highest BCUT2D eigenvalue weighted by atomic mass is 16.7. The Balaban J connectivity index is 2.58. The number of esters is 3. The number of nitrogens with zero attached hydrogens (tertiary/aromatic N) is 1. The average Bonchev–Trinajstić information content (AvgIpc) is 2.91. The molecule has 0 radical (unpaired) electrons. The van der Waals surface area contributed by atoms with Gasteiger partial charge in [-0.1, -0.05) is 0 Å². The van der Waals surface area contributed by atoms with Gasteiger partial charge in [-0.15, -0.1) is 0 Å². The zero-order valence-corrected chi connectivity index (χ0v) is 24.1. The number of hydrogen-bond donors (Lipinski definition) is 3. The number of amides is 2. The third kappa shape index (κ3) is 15.2. The molecule has 0 unspecified atom stereocenters. The molecule has 0 aromatic carbocycles. The molecule has 1 aliphatic rings. The molecule has 4 atom stereocenters. The summed E-state index contributed by atoms with van der Waals surface area (Å²) in [5, 5.41) is 20.2. The summed E-state index contributed by atoms with van der Waals surface area (Å²) in [6, 6.07) is -0.744. The molecule has 3 N–H and O–H groups in total. The number of carbonyl (C=O) groups excluding carboxylic acids is 5. The third-order valence-electron chi connectivity index (χ3n) is 5.11. The van der Waals surface area contributed by atoms with Gasteiger partial charge in [0.25, 0.3) is 0 Å². The van der Waals surface area contributed by atoms with Crippen molar-refractivity contribution in [2.24, 2.45) is 4.99 Å². The summed E-state index contributed by atoms with van der Waals surface area (Å²) in [6.45, 7) is 3.86. The van der Waals surface area contributed by atoms with Crippen molar-refractivity contribution >= 4 is 35.4 Å². The lowest BCUT2D eigenvalue weighted by Crippen LogP contribution is -2.60. The summed E-state index contributed by atoms with van der Waals surface area (Å²) >= 11 is 0. The Morgan fingerprint density at radius 3 is 1.93 bits per heavy atom. The standard InChI is InChI=1S/C25H40N2O15/c1-15(30)26-22-24(41-18(4)33)23(40-17(3)32)20(13-39-16(2)31)42-25(22)38-10-9-36-6-5-35-7-8-37-14-21(34)27-19(11-28)12-29/h19-20,23-25,28-29H,5-14H2,1-4H3,(H,27,34)/b26-22-/t20-,23+,24-,25-/m1/s1. The predicted molar refractivity (Wildman–Crippen MR) is 139 cm³/mol. The molecule has 1 aliphatic heterocycles. The maximum absolute atomic E-state index is 11.9. The van der Waals surface area contributed by atoms with E-state index in [1.165, 1.54) is 6.92 Å². The highest BCUT2D eigenvalue weighted by Crippen LogP contribution is 2.26. The van der Waals surface area contributed by atoms with Crippen LogP contribution in [0.4, 0.5) is 0 Å². The number of aliphatic hydroxyl groups excluding tert-OH is 2. The average molecular weight is 609 g/mol. The Hall–Kier alpha value is -3.06. The van der Waals surface area contributed by atoms with E-state index in [-0.39, 0.29) is 71.8 Å². The van der Waals surface area contributed by atoms with Crippen molar-refractivity contribution in [3.8, 4) is 0 Å². The van der Waals surface area contributed by atoms with Crippen LogP contribution in [0.3, 0.4) is 0 Å². The fraction of sp³-hybridized carbons (Fsp3) is 0.760. The quantitative estimate of drug-likeness (QED) is 0.0794. The first-order chi connectivity index (χ1) is 20.0. The van der Waals surface area contributed by atoms with Crippen LogP contribution in [0.1, 0.15) is 27.7 Å². The minimum atomic E-state index is -1.36. The minimum absolute atomic E-state index is 0.0599. The van der Waals surface area contributed by atoms with Gasteiger partial charge in [0, 0.05) is 27.7 Å². The van der Waals surface area contributed by atoms with E-state index < -0.39 is 60.4 Å². The molecule has 42 heavy (non-hydrogen) atoms. The molecule has 2 amide bonds. The number of carbonyl (C=O) groups is 5. The normalized spacial score (nSPS) is 21.2.